The lowest BCUT2D eigenvalue weighted by molar-refractivity contribution is -0.136. The van der Waals surface area contributed by atoms with Crippen LogP contribution in [-0.2, 0) is 23.7 Å². The van der Waals surface area contributed by atoms with Gasteiger partial charge in [0, 0.05) is 0 Å². The topological polar surface area (TPSA) is 72.5 Å². The van der Waals surface area contributed by atoms with E-state index in [1.807, 2.05) is 30.3 Å². The van der Waals surface area contributed by atoms with Gasteiger partial charge in [0.15, 0.2) is 0 Å². The summed E-state index contributed by atoms with van der Waals surface area (Å²) in [4.78, 5) is 11.6. The number of halogens is 5. The standard InChI is InChI=1S/C23H25F5O7/c24-18-19(25)21(27)23(22(28)20(18)26)35-17(29)6-7-30-8-9-31-10-11-32-12-13-33-14-15-34-16-4-2-1-3-5-16/h1-5H,6-15H2. The summed E-state index contributed by atoms with van der Waals surface area (Å²) in [6, 6.07) is 9.38. The zero-order valence-electron chi connectivity index (χ0n) is 18.7. The maximum Gasteiger partial charge on any atom is 0.313 e. The van der Waals surface area contributed by atoms with E-state index in [0.29, 0.717) is 39.6 Å². The van der Waals surface area contributed by atoms with E-state index in [1.165, 1.54) is 0 Å². The van der Waals surface area contributed by atoms with Crippen LogP contribution in [0.2, 0.25) is 0 Å². The van der Waals surface area contributed by atoms with Gasteiger partial charge in [0.25, 0.3) is 0 Å². The fourth-order valence-electron chi connectivity index (χ4n) is 2.49. The molecular formula is C23H25F5O7. The number of hydrogen-bond acceptors (Lipinski definition) is 7. The van der Waals surface area contributed by atoms with E-state index in [1.54, 1.807) is 0 Å². The van der Waals surface area contributed by atoms with Crippen LogP contribution in [0.3, 0.4) is 0 Å². The molecule has 0 saturated heterocycles. The van der Waals surface area contributed by atoms with Crippen molar-refractivity contribution in [1.82, 2.24) is 0 Å². The molecule has 35 heavy (non-hydrogen) atoms. The molecule has 0 N–H and O–H groups in total. The predicted octanol–water partition coefficient (Wildman–Crippen LogP) is 3.82. The first-order valence-electron chi connectivity index (χ1n) is 10.6. The van der Waals surface area contributed by atoms with Gasteiger partial charge in [0.2, 0.25) is 34.8 Å². The molecule has 0 atom stereocenters. The van der Waals surface area contributed by atoms with Crippen molar-refractivity contribution in [3.63, 3.8) is 0 Å². The summed E-state index contributed by atoms with van der Waals surface area (Å²) in [7, 11) is 0. The second-order valence-electron chi connectivity index (χ2n) is 6.73. The Morgan fingerprint density at radius 1 is 0.571 bits per heavy atom. The Balaban J connectivity index is 1.41. The zero-order valence-corrected chi connectivity index (χ0v) is 18.7. The van der Waals surface area contributed by atoms with Crippen LogP contribution in [0.4, 0.5) is 22.0 Å². The molecule has 0 amide bonds. The molecule has 0 aliphatic heterocycles. The summed E-state index contributed by atoms with van der Waals surface area (Å²) in [5.41, 5.74) is 0. The lowest BCUT2D eigenvalue weighted by Crippen LogP contribution is -2.16. The van der Waals surface area contributed by atoms with Gasteiger partial charge in [-0.15, -0.1) is 0 Å². The number of ether oxygens (including phenoxy) is 6. The molecular weight excluding hydrogens is 483 g/mol. The number of carbonyl (C=O) groups excluding carboxylic acids is 1. The van der Waals surface area contributed by atoms with E-state index >= 15 is 0 Å². The molecule has 0 fully saturated rings. The van der Waals surface area contributed by atoms with Crippen LogP contribution in [0.25, 0.3) is 0 Å². The molecule has 12 heteroatoms. The Morgan fingerprint density at radius 2 is 1.00 bits per heavy atom. The summed E-state index contributed by atoms with van der Waals surface area (Å²) in [6.07, 6.45) is -0.473. The van der Waals surface area contributed by atoms with E-state index in [0.717, 1.165) is 5.75 Å². The Kier molecular flexibility index (Phi) is 13.0. The average Bonchev–Trinajstić information content (AvgIpc) is 2.87. The molecule has 7 nitrogen and oxygen atoms in total. The van der Waals surface area contributed by atoms with Crippen molar-refractivity contribution in [2.24, 2.45) is 0 Å². The molecule has 0 aromatic heterocycles. The largest absolute Gasteiger partial charge is 0.491 e. The summed E-state index contributed by atoms with van der Waals surface area (Å²) in [6.45, 7) is 2.35. The molecule has 0 aliphatic rings. The first kappa shape index (κ1) is 28.4. The zero-order chi connectivity index (χ0) is 25.5. The van der Waals surface area contributed by atoms with Gasteiger partial charge < -0.3 is 28.4 Å². The van der Waals surface area contributed by atoms with Gasteiger partial charge in [-0.05, 0) is 12.1 Å². The molecule has 194 valence electrons. The molecule has 0 saturated carbocycles. The van der Waals surface area contributed by atoms with Gasteiger partial charge in [-0.3, -0.25) is 4.79 Å². The number of hydrogen-bond donors (Lipinski definition) is 0. The Labute approximate surface area is 198 Å². The molecule has 0 radical (unpaired) electrons. The minimum absolute atomic E-state index is 0.0976. The van der Waals surface area contributed by atoms with Crippen LogP contribution in [-0.4, -0.2) is 65.4 Å². The van der Waals surface area contributed by atoms with Crippen molar-refractivity contribution in [3.8, 4) is 11.5 Å². The van der Waals surface area contributed by atoms with Crippen LogP contribution >= 0.6 is 0 Å². The quantitative estimate of drug-likeness (QED) is 0.0804. The van der Waals surface area contributed by atoms with Crippen molar-refractivity contribution >= 4 is 5.97 Å². The molecule has 2 aromatic rings. The lowest BCUT2D eigenvalue weighted by atomic mass is 10.2. The van der Waals surface area contributed by atoms with Gasteiger partial charge in [-0.1, -0.05) is 18.2 Å². The second-order valence-corrected chi connectivity index (χ2v) is 6.73. The van der Waals surface area contributed by atoms with Gasteiger partial charge in [-0.25, -0.2) is 13.2 Å². The van der Waals surface area contributed by atoms with Crippen molar-refractivity contribution in [2.75, 3.05) is 59.5 Å². The number of carbonyl (C=O) groups is 1. The second kappa shape index (κ2) is 16.0. The Morgan fingerprint density at radius 3 is 1.51 bits per heavy atom. The van der Waals surface area contributed by atoms with Gasteiger partial charge in [0.05, 0.1) is 59.3 Å². The third-order valence-corrected chi connectivity index (χ3v) is 4.19. The fraction of sp³-hybridized carbons (Fsp3) is 0.435. The van der Waals surface area contributed by atoms with Crippen LogP contribution in [0.1, 0.15) is 6.42 Å². The summed E-state index contributed by atoms with van der Waals surface area (Å²) < 4.78 is 96.8. The number of rotatable bonds is 17. The van der Waals surface area contributed by atoms with Gasteiger partial charge in [0.1, 0.15) is 12.4 Å². The molecule has 0 aliphatic carbocycles. The van der Waals surface area contributed by atoms with E-state index < -0.39 is 47.2 Å². The van der Waals surface area contributed by atoms with Crippen molar-refractivity contribution in [1.29, 1.82) is 0 Å². The smallest absolute Gasteiger partial charge is 0.313 e. The predicted molar refractivity (Wildman–Crippen MR) is 112 cm³/mol. The minimum atomic E-state index is -2.34. The molecule has 2 rings (SSSR count). The SMILES string of the molecule is O=C(CCOCCOCCOCCOCCOc1ccccc1)Oc1c(F)c(F)c(F)c(F)c1F. The molecule has 0 heterocycles. The lowest BCUT2D eigenvalue weighted by Gasteiger charge is -2.09. The van der Waals surface area contributed by atoms with Crippen LogP contribution in [0.5, 0.6) is 11.5 Å². The van der Waals surface area contributed by atoms with Crippen LogP contribution in [0, 0.1) is 29.1 Å². The molecule has 2 aromatic carbocycles. The molecule has 0 spiro atoms. The summed E-state index contributed by atoms with van der Waals surface area (Å²) >= 11 is 0. The van der Waals surface area contributed by atoms with Gasteiger partial charge in [-0.2, -0.15) is 8.78 Å². The number of esters is 1. The molecule has 0 bridgehead atoms. The van der Waals surface area contributed by atoms with Crippen LogP contribution in [0.15, 0.2) is 30.3 Å². The number of para-hydroxylation sites is 1. The summed E-state index contributed by atoms with van der Waals surface area (Å²) in [5, 5.41) is 0. The third-order valence-electron chi connectivity index (χ3n) is 4.19. The van der Waals surface area contributed by atoms with E-state index in [2.05, 4.69) is 4.74 Å². The Hall–Kier alpha value is -2.80. The minimum Gasteiger partial charge on any atom is -0.491 e. The van der Waals surface area contributed by atoms with E-state index in [9.17, 15) is 26.7 Å². The van der Waals surface area contributed by atoms with Gasteiger partial charge >= 0.3 is 5.97 Å². The van der Waals surface area contributed by atoms with E-state index in [4.69, 9.17) is 23.7 Å². The Bertz CT molecular complexity index is 886. The maximum atomic E-state index is 13.5. The van der Waals surface area contributed by atoms with Crippen molar-refractivity contribution < 1.29 is 55.2 Å². The highest BCUT2D eigenvalue weighted by molar-refractivity contribution is 5.72. The third kappa shape index (κ3) is 10.1. The fourth-order valence-corrected chi connectivity index (χ4v) is 2.49. The highest BCUT2D eigenvalue weighted by Crippen LogP contribution is 2.29. The maximum absolute atomic E-state index is 13.5. The highest BCUT2D eigenvalue weighted by Gasteiger charge is 2.28. The highest BCUT2D eigenvalue weighted by atomic mass is 19.2. The van der Waals surface area contributed by atoms with Crippen LogP contribution < -0.4 is 9.47 Å². The molecule has 0 unspecified atom stereocenters. The monoisotopic (exact) mass is 508 g/mol. The average molecular weight is 508 g/mol. The number of benzene rings is 2. The summed E-state index contributed by atoms with van der Waals surface area (Å²) in [5.74, 6) is -13.3. The first-order chi connectivity index (χ1) is 16.9. The first-order valence-corrected chi connectivity index (χ1v) is 10.6. The van der Waals surface area contributed by atoms with E-state index in [-0.39, 0.29) is 19.8 Å². The van der Waals surface area contributed by atoms with Crippen molar-refractivity contribution in [3.05, 3.63) is 59.4 Å². The van der Waals surface area contributed by atoms with Crippen molar-refractivity contribution in [2.45, 2.75) is 6.42 Å². The normalized spacial score (nSPS) is 11.0.